The van der Waals surface area contributed by atoms with Crippen molar-refractivity contribution >= 4 is 11.9 Å². The lowest BCUT2D eigenvalue weighted by atomic mass is 10.0. The van der Waals surface area contributed by atoms with Crippen LogP contribution in [0.4, 0.5) is 0 Å². The van der Waals surface area contributed by atoms with Crippen LogP contribution in [0.5, 0.6) is 5.75 Å². The Hall–Kier alpha value is -3.34. The second-order valence-electron chi connectivity index (χ2n) is 7.17. The molecule has 0 aliphatic carbocycles. The van der Waals surface area contributed by atoms with Crippen molar-refractivity contribution in [2.45, 2.75) is 32.6 Å². The van der Waals surface area contributed by atoms with Crippen LogP contribution >= 0.6 is 0 Å². The molecule has 31 heavy (non-hydrogen) atoms. The molecule has 0 aliphatic heterocycles. The summed E-state index contributed by atoms with van der Waals surface area (Å²) in [5.41, 5.74) is 2.99. The van der Waals surface area contributed by atoms with E-state index in [4.69, 9.17) is 14.2 Å². The second kappa shape index (κ2) is 13.1. The van der Waals surface area contributed by atoms with Crippen molar-refractivity contribution in [3.05, 3.63) is 78.9 Å². The third kappa shape index (κ3) is 8.51. The van der Waals surface area contributed by atoms with E-state index < -0.39 is 0 Å². The van der Waals surface area contributed by atoms with E-state index >= 15 is 0 Å². The van der Waals surface area contributed by atoms with E-state index in [2.05, 4.69) is 13.2 Å². The van der Waals surface area contributed by atoms with Crippen LogP contribution in [0.15, 0.2) is 73.3 Å². The molecule has 2 aromatic rings. The van der Waals surface area contributed by atoms with E-state index in [9.17, 15) is 9.59 Å². The molecule has 0 aromatic heterocycles. The third-order valence-corrected chi connectivity index (χ3v) is 4.53. The van der Waals surface area contributed by atoms with Gasteiger partial charge in [0, 0.05) is 5.57 Å². The SMILES string of the molecule is C=CCOc1ccc(-c2ccc(C(=O)OCCCCCCOC(=O)C(=C)C)cc2)cc1. The summed E-state index contributed by atoms with van der Waals surface area (Å²) in [6.07, 6.45) is 5.08. The topological polar surface area (TPSA) is 61.8 Å². The highest BCUT2D eigenvalue weighted by Crippen LogP contribution is 2.23. The molecule has 0 radical (unpaired) electrons. The fourth-order valence-corrected chi connectivity index (χ4v) is 2.79. The van der Waals surface area contributed by atoms with Gasteiger partial charge in [0.05, 0.1) is 18.8 Å². The van der Waals surface area contributed by atoms with Gasteiger partial charge in [0.2, 0.25) is 0 Å². The number of hydrogen-bond donors (Lipinski definition) is 0. The first-order valence-electron chi connectivity index (χ1n) is 10.4. The molecule has 0 spiro atoms. The molecule has 5 nitrogen and oxygen atoms in total. The van der Waals surface area contributed by atoms with Crippen LogP contribution < -0.4 is 4.74 Å². The third-order valence-electron chi connectivity index (χ3n) is 4.53. The number of rotatable bonds is 13. The van der Waals surface area contributed by atoms with E-state index in [0.29, 0.717) is 31.0 Å². The molecule has 2 aromatic carbocycles. The minimum Gasteiger partial charge on any atom is -0.490 e. The van der Waals surface area contributed by atoms with Gasteiger partial charge in [-0.25, -0.2) is 9.59 Å². The Labute approximate surface area is 184 Å². The van der Waals surface area contributed by atoms with Crippen LogP contribution in [-0.2, 0) is 14.3 Å². The minimum absolute atomic E-state index is 0.324. The molecular weight excluding hydrogens is 392 g/mol. The minimum atomic E-state index is -0.352. The number of ether oxygens (including phenoxy) is 3. The number of esters is 2. The van der Waals surface area contributed by atoms with Crippen molar-refractivity contribution in [2.24, 2.45) is 0 Å². The van der Waals surface area contributed by atoms with Crippen LogP contribution in [0.25, 0.3) is 11.1 Å². The monoisotopic (exact) mass is 422 g/mol. The van der Waals surface area contributed by atoms with E-state index in [-0.39, 0.29) is 11.9 Å². The summed E-state index contributed by atoms with van der Waals surface area (Å²) in [6, 6.07) is 15.1. The van der Waals surface area contributed by atoms with Gasteiger partial charge in [0.1, 0.15) is 12.4 Å². The van der Waals surface area contributed by atoms with Crippen molar-refractivity contribution in [3.63, 3.8) is 0 Å². The van der Waals surface area contributed by atoms with Gasteiger partial charge in [-0.15, -0.1) is 0 Å². The van der Waals surface area contributed by atoms with E-state index in [1.54, 1.807) is 25.1 Å². The maximum atomic E-state index is 12.2. The zero-order chi connectivity index (χ0) is 22.5. The van der Waals surface area contributed by atoms with Gasteiger partial charge < -0.3 is 14.2 Å². The lowest BCUT2D eigenvalue weighted by Crippen LogP contribution is -2.07. The van der Waals surface area contributed by atoms with Gasteiger partial charge in [-0.3, -0.25) is 0 Å². The molecule has 0 unspecified atom stereocenters. The normalized spacial score (nSPS) is 10.2. The summed E-state index contributed by atoms with van der Waals surface area (Å²) in [5, 5.41) is 0. The number of unbranched alkanes of at least 4 members (excludes halogenated alkanes) is 3. The van der Waals surface area contributed by atoms with Gasteiger partial charge in [0.15, 0.2) is 0 Å². The Morgan fingerprint density at radius 1 is 0.839 bits per heavy atom. The molecule has 0 fully saturated rings. The molecule has 0 atom stereocenters. The van der Waals surface area contributed by atoms with Crippen LogP contribution in [-0.4, -0.2) is 31.8 Å². The van der Waals surface area contributed by atoms with Gasteiger partial charge in [-0.1, -0.05) is 43.5 Å². The highest BCUT2D eigenvalue weighted by atomic mass is 16.5. The lowest BCUT2D eigenvalue weighted by Gasteiger charge is -2.08. The Kier molecular flexibility index (Phi) is 10.1. The molecule has 0 amide bonds. The predicted octanol–water partition coefficient (Wildman–Crippen LogP) is 5.75. The number of carbonyl (C=O) groups excluding carboxylic acids is 2. The van der Waals surface area contributed by atoms with Crippen molar-refractivity contribution in [1.82, 2.24) is 0 Å². The van der Waals surface area contributed by atoms with E-state index in [1.165, 1.54) is 0 Å². The summed E-state index contributed by atoms with van der Waals surface area (Å²) >= 11 is 0. The predicted molar refractivity (Wildman–Crippen MR) is 122 cm³/mol. The van der Waals surface area contributed by atoms with Gasteiger partial charge >= 0.3 is 11.9 Å². The maximum Gasteiger partial charge on any atom is 0.338 e. The molecule has 0 N–H and O–H groups in total. The average Bonchev–Trinajstić information content (AvgIpc) is 2.79. The quantitative estimate of drug-likeness (QED) is 0.178. The zero-order valence-electron chi connectivity index (χ0n) is 18.1. The second-order valence-corrected chi connectivity index (χ2v) is 7.17. The van der Waals surface area contributed by atoms with E-state index in [1.807, 2.05) is 36.4 Å². The van der Waals surface area contributed by atoms with Crippen molar-refractivity contribution in [1.29, 1.82) is 0 Å². The number of benzene rings is 2. The smallest absolute Gasteiger partial charge is 0.338 e. The first-order valence-corrected chi connectivity index (χ1v) is 10.4. The van der Waals surface area contributed by atoms with Gasteiger partial charge in [-0.2, -0.15) is 0 Å². The van der Waals surface area contributed by atoms with Gasteiger partial charge in [0.25, 0.3) is 0 Å². The number of carbonyl (C=O) groups is 2. The molecular formula is C26H30O5. The zero-order valence-corrected chi connectivity index (χ0v) is 18.1. The standard InChI is InChI=1S/C26H30O5/c1-4-17-29-24-15-13-22(14-16-24)21-9-11-23(12-10-21)26(28)31-19-8-6-5-7-18-30-25(27)20(2)3/h4,9-16H,1-2,5-8,17-19H2,3H3. The van der Waals surface area contributed by atoms with Gasteiger partial charge in [-0.05, 0) is 68.0 Å². The molecule has 0 aliphatic rings. The first kappa shape index (κ1) is 23.9. The Balaban J connectivity index is 1.68. The Morgan fingerprint density at radius 2 is 1.39 bits per heavy atom. The van der Waals surface area contributed by atoms with Crippen LogP contribution in [0.2, 0.25) is 0 Å². The fourth-order valence-electron chi connectivity index (χ4n) is 2.79. The first-order chi connectivity index (χ1) is 15.0. The number of hydrogen-bond acceptors (Lipinski definition) is 5. The molecule has 5 heteroatoms. The fraction of sp³-hybridized carbons (Fsp3) is 0.308. The van der Waals surface area contributed by atoms with Crippen LogP contribution in [0.1, 0.15) is 43.0 Å². The molecule has 2 rings (SSSR count). The highest BCUT2D eigenvalue weighted by Gasteiger charge is 2.08. The molecule has 164 valence electrons. The summed E-state index contributed by atoms with van der Waals surface area (Å²) in [7, 11) is 0. The molecule has 0 saturated carbocycles. The van der Waals surface area contributed by atoms with Crippen molar-refractivity contribution < 1.29 is 23.8 Å². The largest absolute Gasteiger partial charge is 0.490 e. The summed E-state index contributed by atoms with van der Waals surface area (Å²) < 4.78 is 15.9. The van der Waals surface area contributed by atoms with E-state index in [0.717, 1.165) is 42.6 Å². The van der Waals surface area contributed by atoms with Crippen LogP contribution in [0.3, 0.4) is 0 Å². The molecule has 0 bridgehead atoms. The highest BCUT2D eigenvalue weighted by molar-refractivity contribution is 5.90. The van der Waals surface area contributed by atoms with Crippen molar-refractivity contribution in [3.8, 4) is 16.9 Å². The van der Waals surface area contributed by atoms with Crippen molar-refractivity contribution in [2.75, 3.05) is 19.8 Å². The summed E-state index contributed by atoms with van der Waals surface area (Å²) in [5.74, 6) is 0.112. The Morgan fingerprint density at radius 3 is 1.94 bits per heavy atom. The molecule has 0 saturated heterocycles. The van der Waals surface area contributed by atoms with Crippen LogP contribution in [0, 0.1) is 0 Å². The summed E-state index contributed by atoms with van der Waals surface area (Å²) in [6.45, 7) is 10.0. The molecule has 0 heterocycles. The maximum absolute atomic E-state index is 12.2. The Bertz CT molecular complexity index is 866. The summed E-state index contributed by atoms with van der Waals surface area (Å²) in [4.78, 5) is 23.4. The average molecular weight is 423 g/mol. The lowest BCUT2D eigenvalue weighted by molar-refractivity contribution is -0.139.